The second-order valence-electron chi connectivity index (χ2n) is 4.33. The van der Waals surface area contributed by atoms with E-state index in [-0.39, 0.29) is 5.92 Å². The second-order valence-corrected chi connectivity index (χ2v) is 5.59. The summed E-state index contributed by atoms with van der Waals surface area (Å²) >= 11 is 9.63. The van der Waals surface area contributed by atoms with Crippen molar-refractivity contribution in [2.24, 2.45) is 5.73 Å². The van der Waals surface area contributed by atoms with Gasteiger partial charge in [0.1, 0.15) is 0 Å². The molecule has 2 atom stereocenters. The van der Waals surface area contributed by atoms with Crippen LogP contribution >= 0.6 is 27.5 Å². The summed E-state index contributed by atoms with van der Waals surface area (Å²) in [7, 11) is 0. The molecule has 0 aliphatic heterocycles. The van der Waals surface area contributed by atoms with Crippen LogP contribution in [0.15, 0.2) is 53.0 Å². The zero-order valence-electron chi connectivity index (χ0n) is 10.3. The molecule has 2 nitrogen and oxygen atoms in total. The third-order valence-corrected chi connectivity index (χ3v) is 4.23. The van der Waals surface area contributed by atoms with Gasteiger partial charge in [-0.2, -0.15) is 0 Å². The Labute approximate surface area is 126 Å². The predicted molar refractivity (Wildman–Crippen MR) is 82.3 cm³/mol. The molecule has 0 spiro atoms. The van der Waals surface area contributed by atoms with E-state index in [0.717, 1.165) is 10.0 Å². The van der Waals surface area contributed by atoms with Crippen molar-refractivity contribution in [2.75, 3.05) is 6.54 Å². The molecule has 0 fully saturated rings. The number of benzene rings is 2. The first-order chi connectivity index (χ1) is 9.15. The highest BCUT2D eigenvalue weighted by molar-refractivity contribution is 9.10. The first-order valence-electron chi connectivity index (χ1n) is 6.02. The van der Waals surface area contributed by atoms with Crippen LogP contribution in [0.5, 0.6) is 0 Å². The SMILES string of the molecule is NCC(c1ccccc1Br)C(O)c1ccccc1Cl. The van der Waals surface area contributed by atoms with E-state index in [4.69, 9.17) is 17.3 Å². The van der Waals surface area contributed by atoms with Gasteiger partial charge in [0, 0.05) is 22.0 Å². The fourth-order valence-electron chi connectivity index (χ4n) is 2.13. The fourth-order valence-corrected chi connectivity index (χ4v) is 2.96. The minimum absolute atomic E-state index is 0.199. The second kappa shape index (κ2) is 6.53. The van der Waals surface area contributed by atoms with Gasteiger partial charge in [-0.3, -0.25) is 0 Å². The van der Waals surface area contributed by atoms with E-state index in [0.29, 0.717) is 17.1 Å². The minimum atomic E-state index is -0.725. The Hall–Kier alpha value is -0.870. The first-order valence-corrected chi connectivity index (χ1v) is 7.19. The highest BCUT2D eigenvalue weighted by Gasteiger charge is 2.24. The van der Waals surface area contributed by atoms with E-state index in [1.807, 2.05) is 42.5 Å². The van der Waals surface area contributed by atoms with Crippen molar-refractivity contribution in [3.8, 4) is 0 Å². The van der Waals surface area contributed by atoms with Gasteiger partial charge in [-0.15, -0.1) is 0 Å². The van der Waals surface area contributed by atoms with Crippen LogP contribution in [0.2, 0.25) is 5.02 Å². The van der Waals surface area contributed by atoms with Crippen LogP contribution in [0.3, 0.4) is 0 Å². The number of hydrogen-bond donors (Lipinski definition) is 2. The molecule has 2 unspecified atom stereocenters. The van der Waals surface area contributed by atoms with Gasteiger partial charge in [0.2, 0.25) is 0 Å². The Morgan fingerprint density at radius 2 is 1.63 bits per heavy atom. The fraction of sp³-hybridized carbons (Fsp3) is 0.200. The quantitative estimate of drug-likeness (QED) is 0.887. The van der Waals surface area contributed by atoms with Crippen LogP contribution in [-0.2, 0) is 0 Å². The molecule has 0 bridgehead atoms. The third-order valence-electron chi connectivity index (χ3n) is 3.16. The number of aliphatic hydroxyl groups excluding tert-OH is 1. The lowest BCUT2D eigenvalue weighted by Crippen LogP contribution is -2.20. The molecular formula is C15H15BrClNO. The third kappa shape index (κ3) is 3.18. The van der Waals surface area contributed by atoms with Crippen molar-refractivity contribution in [1.29, 1.82) is 0 Å². The standard InChI is InChI=1S/C15H15BrClNO/c16-13-7-3-1-5-10(13)12(9-18)15(19)11-6-2-4-8-14(11)17/h1-8,12,15,19H,9,18H2. The minimum Gasteiger partial charge on any atom is -0.388 e. The van der Waals surface area contributed by atoms with E-state index < -0.39 is 6.10 Å². The van der Waals surface area contributed by atoms with Crippen molar-refractivity contribution in [3.63, 3.8) is 0 Å². The average molecular weight is 341 g/mol. The Morgan fingerprint density at radius 1 is 1.05 bits per heavy atom. The maximum atomic E-state index is 10.6. The smallest absolute Gasteiger partial charge is 0.0885 e. The Bertz CT molecular complexity index is 561. The van der Waals surface area contributed by atoms with E-state index in [1.165, 1.54) is 0 Å². The molecule has 3 N–H and O–H groups in total. The van der Waals surface area contributed by atoms with Crippen molar-refractivity contribution in [3.05, 3.63) is 69.2 Å². The number of hydrogen-bond acceptors (Lipinski definition) is 2. The summed E-state index contributed by atoms with van der Waals surface area (Å²) < 4.78 is 0.941. The van der Waals surface area contributed by atoms with E-state index >= 15 is 0 Å². The highest BCUT2D eigenvalue weighted by atomic mass is 79.9. The van der Waals surface area contributed by atoms with Crippen molar-refractivity contribution in [2.45, 2.75) is 12.0 Å². The van der Waals surface area contributed by atoms with Gasteiger partial charge in [0.15, 0.2) is 0 Å². The molecule has 100 valence electrons. The van der Waals surface area contributed by atoms with Gasteiger partial charge in [-0.05, 0) is 23.3 Å². The van der Waals surface area contributed by atoms with Crippen LogP contribution in [0.4, 0.5) is 0 Å². The number of nitrogens with two attached hydrogens (primary N) is 1. The molecule has 2 aromatic rings. The first kappa shape index (κ1) is 14.5. The summed E-state index contributed by atoms with van der Waals surface area (Å²) in [6, 6.07) is 15.1. The summed E-state index contributed by atoms with van der Waals surface area (Å²) in [6.07, 6.45) is -0.725. The molecule has 2 aromatic carbocycles. The maximum Gasteiger partial charge on any atom is 0.0885 e. The molecule has 0 heterocycles. The largest absolute Gasteiger partial charge is 0.388 e. The molecule has 0 aromatic heterocycles. The summed E-state index contributed by atoms with van der Waals surface area (Å²) in [5.41, 5.74) is 7.53. The number of rotatable bonds is 4. The molecule has 4 heteroatoms. The van der Waals surface area contributed by atoms with E-state index in [1.54, 1.807) is 6.07 Å². The molecule has 0 radical (unpaired) electrons. The summed E-state index contributed by atoms with van der Waals surface area (Å²) in [5, 5.41) is 11.1. The molecule has 0 saturated heterocycles. The Kier molecular flexibility index (Phi) is 4.99. The number of halogens is 2. The molecule has 2 rings (SSSR count). The lowest BCUT2D eigenvalue weighted by Gasteiger charge is -2.24. The van der Waals surface area contributed by atoms with Crippen molar-refractivity contribution >= 4 is 27.5 Å². The lowest BCUT2D eigenvalue weighted by molar-refractivity contribution is 0.147. The van der Waals surface area contributed by atoms with Crippen LogP contribution in [0.1, 0.15) is 23.1 Å². The molecule has 0 aliphatic carbocycles. The van der Waals surface area contributed by atoms with Crippen LogP contribution in [0.25, 0.3) is 0 Å². The Balaban J connectivity index is 2.38. The molecule has 0 saturated carbocycles. The molecule has 0 aliphatic rings. The number of aliphatic hydroxyl groups is 1. The van der Waals surface area contributed by atoms with Crippen LogP contribution in [-0.4, -0.2) is 11.7 Å². The van der Waals surface area contributed by atoms with Gasteiger partial charge in [-0.25, -0.2) is 0 Å². The van der Waals surface area contributed by atoms with Gasteiger partial charge < -0.3 is 10.8 Å². The normalized spacial score (nSPS) is 14.1. The van der Waals surface area contributed by atoms with Gasteiger partial charge >= 0.3 is 0 Å². The topological polar surface area (TPSA) is 46.2 Å². The van der Waals surface area contributed by atoms with Gasteiger partial charge in [0.25, 0.3) is 0 Å². The van der Waals surface area contributed by atoms with Crippen LogP contribution < -0.4 is 5.73 Å². The van der Waals surface area contributed by atoms with Crippen molar-refractivity contribution in [1.82, 2.24) is 0 Å². The zero-order valence-corrected chi connectivity index (χ0v) is 12.6. The molecular weight excluding hydrogens is 326 g/mol. The highest BCUT2D eigenvalue weighted by Crippen LogP contribution is 2.36. The monoisotopic (exact) mass is 339 g/mol. The molecule has 19 heavy (non-hydrogen) atoms. The van der Waals surface area contributed by atoms with E-state index in [2.05, 4.69) is 15.9 Å². The van der Waals surface area contributed by atoms with Gasteiger partial charge in [0.05, 0.1) is 6.10 Å². The van der Waals surface area contributed by atoms with Gasteiger partial charge in [-0.1, -0.05) is 63.9 Å². The maximum absolute atomic E-state index is 10.6. The van der Waals surface area contributed by atoms with Crippen LogP contribution in [0, 0.1) is 0 Å². The average Bonchev–Trinajstić information content (AvgIpc) is 2.42. The Morgan fingerprint density at radius 3 is 2.21 bits per heavy atom. The van der Waals surface area contributed by atoms with E-state index in [9.17, 15) is 5.11 Å². The summed E-state index contributed by atoms with van der Waals surface area (Å²) in [6.45, 7) is 0.342. The predicted octanol–water partition coefficient (Wildman–Crippen LogP) is 3.88. The molecule has 0 amide bonds. The van der Waals surface area contributed by atoms with Crippen molar-refractivity contribution < 1.29 is 5.11 Å². The summed E-state index contributed by atoms with van der Waals surface area (Å²) in [4.78, 5) is 0. The lowest BCUT2D eigenvalue weighted by atomic mass is 9.89. The summed E-state index contributed by atoms with van der Waals surface area (Å²) in [5.74, 6) is -0.199. The zero-order chi connectivity index (χ0) is 13.8.